The first-order chi connectivity index (χ1) is 11.7. The van der Waals surface area contributed by atoms with E-state index < -0.39 is 0 Å². The maximum Gasteiger partial charge on any atom is 0.227 e. The number of hydrogen-bond acceptors (Lipinski definition) is 2. The van der Waals surface area contributed by atoms with E-state index in [1.165, 1.54) is 6.42 Å². The number of nitrogens with zero attached hydrogens (tertiary/aromatic N) is 1. The van der Waals surface area contributed by atoms with Crippen LogP contribution in [0.3, 0.4) is 0 Å². The molecule has 0 aromatic heterocycles. The Morgan fingerprint density at radius 3 is 2.48 bits per heavy atom. The summed E-state index contributed by atoms with van der Waals surface area (Å²) < 4.78 is 0. The van der Waals surface area contributed by atoms with Crippen LogP contribution in [0.2, 0.25) is 5.02 Å². The van der Waals surface area contributed by atoms with E-state index in [2.05, 4.69) is 5.32 Å². The summed E-state index contributed by atoms with van der Waals surface area (Å²) >= 11 is 5.96. The van der Waals surface area contributed by atoms with Crippen molar-refractivity contribution < 1.29 is 4.79 Å². The van der Waals surface area contributed by atoms with E-state index in [-0.39, 0.29) is 18.3 Å². The Hall–Kier alpha value is -1.55. The standard InChI is InChI=1S/C20H23ClN2O.ClH/c21-18-9-6-17(7-10-18)15-23(19-4-2-1-3-5-19)20(24)11-8-16-12-13-22-14-16;/h1-7,9-10,16,22H,8,11-15H2;1H. The summed E-state index contributed by atoms with van der Waals surface area (Å²) in [6.45, 7) is 2.69. The Bertz CT molecular complexity index is 655. The molecule has 134 valence electrons. The predicted molar refractivity (Wildman–Crippen MR) is 107 cm³/mol. The topological polar surface area (TPSA) is 32.3 Å². The lowest BCUT2D eigenvalue weighted by atomic mass is 10.0. The fourth-order valence-corrected chi connectivity index (χ4v) is 3.25. The van der Waals surface area contributed by atoms with Crippen LogP contribution in [0.5, 0.6) is 0 Å². The van der Waals surface area contributed by atoms with Crippen LogP contribution >= 0.6 is 24.0 Å². The molecule has 0 bridgehead atoms. The van der Waals surface area contributed by atoms with Crippen molar-refractivity contribution >= 4 is 35.6 Å². The first-order valence-corrected chi connectivity index (χ1v) is 8.91. The van der Waals surface area contributed by atoms with E-state index in [0.29, 0.717) is 23.9 Å². The van der Waals surface area contributed by atoms with Crippen molar-refractivity contribution in [3.05, 3.63) is 65.2 Å². The summed E-state index contributed by atoms with van der Waals surface area (Å²) in [6.07, 6.45) is 2.72. The number of anilines is 1. The lowest BCUT2D eigenvalue weighted by Crippen LogP contribution is -2.30. The van der Waals surface area contributed by atoms with Crippen molar-refractivity contribution in [2.24, 2.45) is 5.92 Å². The third-order valence-corrected chi connectivity index (χ3v) is 4.80. The number of hydrogen-bond donors (Lipinski definition) is 1. The highest BCUT2D eigenvalue weighted by Crippen LogP contribution is 2.22. The molecule has 2 aromatic rings. The normalized spacial score (nSPS) is 16.3. The molecule has 1 amide bonds. The molecular weight excluding hydrogens is 355 g/mol. The molecule has 5 heteroatoms. The lowest BCUT2D eigenvalue weighted by Gasteiger charge is -2.24. The molecule has 0 spiro atoms. The van der Waals surface area contributed by atoms with Gasteiger partial charge in [0.05, 0.1) is 6.54 Å². The third kappa shape index (κ3) is 5.74. The molecular formula is C20H24Cl2N2O. The van der Waals surface area contributed by atoms with Gasteiger partial charge in [0.25, 0.3) is 0 Å². The zero-order valence-corrected chi connectivity index (χ0v) is 15.7. The number of benzene rings is 2. The van der Waals surface area contributed by atoms with Gasteiger partial charge in [0, 0.05) is 17.1 Å². The Balaban J connectivity index is 0.00000225. The van der Waals surface area contributed by atoms with Gasteiger partial charge in [-0.3, -0.25) is 4.79 Å². The Morgan fingerprint density at radius 2 is 1.84 bits per heavy atom. The predicted octanol–water partition coefficient (Wildman–Crippen LogP) is 4.68. The van der Waals surface area contributed by atoms with Crippen LogP contribution in [0, 0.1) is 5.92 Å². The van der Waals surface area contributed by atoms with Crippen LogP contribution in [0.1, 0.15) is 24.8 Å². The molecule has 1 fully saturated rings. The van der Waals surface area contributed by atoms with E-state index in [4.69, 9.17) is 11.6 Å². The second kappa shape index (κ2) is 9.81. The van der Waals surface area contributed by atoms with Crippen molar-refractivity contribution in [1.82, 2.24) is 5.32 Å². The average molecular weight is 379 g/mol. The molecule has 1 aliphatic rings. The summed E-state index contributed by atoms with van der Waals surface area (Å²) in [7, 11) is 0. The smallest absolute Gasteiger partial charge is 0.227 e. The second-order valence-corrected chi connectivity index (χ2v) is 6.78. The summed E-state index contributed by atoms with van der Waals surface area (Å²) in [6, 6.07) is 17.6. The van der Waals surface area contributed by atoms with Crippen LogP contribution < -0.4 is 10.2 Å². The van der Waals surface area contributed by atoms with Crippen molar-refractivity contribution in [3.8, 4) is 0 Å². The number of carbonyl (C=O) groups excluding carboxylic acids is 1. The molecule has 25 heavy (non-hydrogen) atoms. The molecule has 0 aliphatic carbocycles. The highest BCUT2D eigenvalue weighted by Gasteiger charge is 2.20. The van der Waals surface area contributed by atoms with Gasteiger partial charge in [0.15, 0.2) is 0 Å². The minimum absolute atomic E-state index is 0. The van der Waals surface area contributed by atoms with E-state index in [1.54, 1.807) is 0 Å². The summed E-state index contributed by atoms with van der Waals surface area (Å²) in [5.74, 6) is 0.810. The Morgan fingerprint density at radius 1 is 1.12 bits per heavy atom. The third-order valence-electron chi connectivity index (χ3n) is 4.55. The summed E-state index contributed by atoms with van der Waals surface area (Å²) in [5.41, 5.74) is 2.03. The van der Waals surface area contributed by atoms with E-state index >= 15 is 0 Å². The van der Waals surface area contributed by atoms with E-state index in [1.807, 2.05) is 59.5 Å². The van der Waals surface area contributed by atoms with Gasteiger partial charge in [-0.2, -0.15) is 0 Å². The highest BCUT2D eigenvalue weighted by atomic mass is 35.5. The summed E-state index contributed by atoms with van der Waals surface area (Å²) in [5, 5.41) is 4.08. The number of rotatable bonds is 6. The second-order valence-electron chi connectivity index (χ2n) is 6.34. The summed E-state index contributed by atoms with van der Waals surface area (Å²) in [4.78, 5) is 14.7. The molecule has 3 nitrogen and oxygen atoms in total. The highest BCUT2D eigenvalue weighted by molar-refractivity contribution is 6.30. The van der Waals surface area contributed by atoms with Crippen molar-refractivity contribution in [3.63, 3.8) is 0 Å². The molecule has 1 atom stereocenters. The van der Waals surface area contributed by atoms with Gasteiger partial charge in [0.1, 0.15) is 0 Å². The molecule has 3 rings (SSSR count). The van der Waals surface area contributed by atoms with Gasteiger partial charge in [0.2, 0.25) is 5.91 Å². The number of nitrogens with one attached hydrogen (secondary N) is 1. The number of halogens is 2. The molecule has 0 saturated carbocycles. The maximum atomic E-state index is 12.9. The number of carbonyl (C=O) groups is 1. The van der Waals surface area contributed by atoms with Crippen LogP contribution in [-0.4, -0.2) is 19.0 Å². The molecule has 1 saturated heterocycles. The SMILES string of the molecule is Cl.O=C(CCC1CCNC1)N(Cc1ccc(Cl)cc1)c1ccccc1. The molecule has 1 N–H and O–H groups in total. The lowest BCUT2D eigenvalue weighted by molar-refractivity contribution is -0.119. The maximum absolute atomic E-state index is 12.9. The van der Waals surface area contributed by atoms with Gasteiger partial charge >= 0.3 is 0 Å². The minimum Gasteiger partial charge on any atom is -0.316 e. The molecule has 1 unspecified atom stereocenters. The largest absolute Gasteiger partial charge is 0.316 e. The molecule has 2 aromatic carbocycles. The van der Waals surface area contributed by atoms with Crippen molar-refractivity contribution in [2.75, 3.05) is 18.0 Å². The zero-order chi connectivity index (χ0) is 16.8. The van der Waals surface area contributed by atoms with Crippen LogP contribution in [0.25, 0.3) is 0 Å². The molecule has 1 heterocycles. The van der Waals surface area contributed by atoms with Crippen molar-refractivity contribution in [1.29, 1.82) is 0 Å². The van der Waals surface area contributed by atoms with Gasteiger partial charge in [-0.1, -0.05) is 41.9 Å². The Kier molecular flexibility index (Phi) is 7.76. The Labute approximate surface area is 160 Å². The van der Waals surface area contributed by atoms with Gasteiger partial charge in [-0.05, 0) is 61.7 Å². The zero-order valence-electron chi connectivity index (χ0n) is 14.2. The number of amides is 1. The number of para-hydroxylation sites is 1. The molecule has 1 aliphatic heterocycles. The van der Waals surface area contributed by atoms with E-state index in [9.17, 15) is 4.79 Å². The fraction of sp³-hybridized carbons (Fsp3) is 0.350. The fourth-order valence-electron chi connectivity index (χ4n) is 3.13. The van der Waals surface area contributed by atoms with Gasteiger partial charge in [-0.15, -0.1) is 12.4 Å². The van der Waals surface area contributed by atoms with Crippen LogP contribution in [-0.2, 0) is 11.3 Å². The van der Waals surface area contributed by atoms with Crippen LogP contribution in [0.15, 0.2) is 54.6 Å². The van der Waals surface area contributed by atoms with Gasteiger partial charge < -0.3 is 10.2 Å². The monoisotopic (exact) mass is 378 g/mol. The van der Waals surface area contributed by atoms with Crippen molar-refractivity contribution in [2.45, 2.75) is 25.8 Å². The minimum atomic E-state index is 0. The van der Waals surface area contributed by atoms with Crippen LogP contribution in [0.4, 0.5) is 5.69 Å². The average Bonchev–Trinajstić information content (AvgIpc) is 3.13. The quantitative estimate of drug-likeness (QED) is 0.790. The van der Waals surface area contributed by atoms with E-state index in [0.717, 1.165) is 30.8 Å². The first-order valence-electron chi connectivity index (χ1n) is 8.53. The van der Waals surface area contributed by atoms with Gasteiger partial charge in [-0.25, -0.2) is 0 Å². The molecule has 0 radical (unpaired) electrons. The first kappa shape index (κ1) is 19.8.